The number of aliphatic hydroxyl groups is 3. The van der Waals surface area contributed by atoms with Gasteiger partial charge in [0.05, 0.1) is 6.61 Å². The van der Waals surface area contributed by atoms with Gasteiger partial charge < -0.3 is 34.3 Å². The number of unbranched alkanes of at least 4 members (excludes halogenated alkanes) is 17. The maximum absolute atomic E-state index is 12.6. The molecular formula is C37H68O12S. The Hall–Kier alpha value is -1.61. The van der Waals surface area contributed by atoms with E-state index in [-0.39, 0.29) is 19.4 Å². The third-order valence-electron chi connectivity index (χ3n) is 8.86. The first kappa shape index (κ1) is 46.4. The number of esters is 2. The molecular weight excluding hydrogens is 668 g/mol. The summed E-state index contributed by atoms with van der Waals surface area (Å²) in [6.07, 6.45) is 17.5. The number of hydrogen-bond acceptors (Lipinski definition) is 11. The van der Waals surface area contributed by atoms with E-state index in [1.807, 2.05) is 6.08 Å². The SMILES string of the molecule is CCCCCCCCCCCCC/C=C/CCC(=O)OC[C@H](CO[C@H]1O[C@H](CS(=O)(=O)O)[C@@H](O)C(O)C1O)OC(=O)CCCCCCCCC. The van der Waals surface area contributed by atoms with E-state index in [1.165, 1.54) is 70.6 Å². The molecule has 0 bridgehead atoms. The highest BCUT2D eigenvalue weighted by molar-refractivity contribution is 7.85. The Morgan fingerprint density at radius 2 is 1.18 bits per heavy atom. The van der Waals surface area contributed by atoms with E-state index < -0.39 is 71.2 Å². The molecule has 0 radical (unpaired) electrons. The summed E-state index contributed by atoms with van der Waals surface area (Å²) >= 11 is 0. The van der Waals surface area contributed by atoms with Crippen molar-refractivity contribution in [2.45, 2.75) is 192 Å². The van der Waals surface area contributed by atoms with E-state index in [0.29, 0.717) is 12.8 Å². The molecule has 0 spiro atoms. The lowest BCUT2D eigenvalue weighted by atomic mass is 10.00. The largest absolute Gasteiger partial charge is 0.462 e. The summed E-state index contributed by atoms with van der Waals surface area (Å²) in [7, 11) is -4.59. The van der Waals surface area contributed by atoms with Gasteiger partial charge in [0.1, 0.15) is 36.8 Å². The number of allylic oxidation sites excluding steroid dienone is 2. The maximum atomic E-state index is 12.6. The number of rotatable bonds is 31. The standard InChI is InChI=1S/C37H68O12S/c1-3-5-7-9-11-12-13-14-15-16-17-18-20-21-23-25-32(38)46-27-30(48-33(39)26-24-22-19-10-8-6-4-2)28-47-37-36(42)35(41)34(40)31(49-37)29-50(43,44)45/h20-21,30-31,34-37,40-42H,3-19,22-29H2,1-2H3,(H,43,44,45)/b21-20+/t30-,31-,34-,35?,36?,37+/m1/s1. The smallest absolute Gasteiger partial charge is 0.306 e. The second-order valence-electron chi connectivity index (χ2n) is 13.6. The van der Waals surface area contributed by atoms with Crippen molar-refractivity contribution in [2.75, 3.05) is 19.0 Å². The number of hydrogen-bond donors (Lipinski definition) is 4. The predicted octanol–water partition coefficient (Wildman–Crippen LogP) is 6.33. The molecule has 1 aliphatic rings. The summed E-state index contributed by atoms with van der Waals surface area (Å²) in [4.78, 5) is 25.1. The summed E-state index contributed by atoms with van der Waals surface area (Å²) in [6.45, 7) is 3.64. The van der Waals surface area contributed by atoms with E-state index in [1.54, 1.807) is 0 Å². The molecule has 0 aromatic heterocycles. The number of carbonyl (C=O) groups is 2. The van der Waals surface area contributed by atoms with Crippen molar-refractivity contribution in [3.63, 3.8) is 0 Å². The molecule has 0 aliphatic carbocycles. The van der Waals surface area contributed by atoms with Crippen LogP contribution in [0.4, 0.5) is 0 Å². The van der Waals surface area contributed by atoms with Crippen LogP contribution in [0.3, 0.4) is 0 Å². The van der Waals surface area contributed by atoms with Gasteiger partial charge >= 0.3 is 11.9 Å². The van der Waals surface area contributed by atoms with E-state index in [2.05, 4.69) is 19.9 Å². The summed E-state index contributed by atoms with van der Waals surface area (Å²) in [5.74, 6) is -2.04. The van der Waals surface area contributed by atoms with Crippen LogP contribution in [0.5, 0.6) is 0 Å². The summed E-state index contributed by atoms with van der Waals surface area (Å²) in [5.41, 5.74) is 0. The minimum atomic E-state index is -4.59. The summed E-state index contributed by atoms with van der Waals surface area (Å²) < 4.78 is 53.6. The van der Waals surface area contributed by atoms with Crippen molar-refractivity contribution in [3.05, 3.63) is 12.2 Å². The van der Waals surface area contributed by atoms with Crippen molar-refractivity contribution in [2.24, 2.45) is 0 Å². The van der Waals surface area contributed by atoms with Crippen LogP contribution in [0.1, 0.15) is 155 Å². The molecule has 1 saturated heterocycles. The van der Waals surface area contributed by atoms with Gasteiger partial charge in [-0.05, 0) is 25.7 Å². The van der Waals surface area contributed by atoms with Gasteiger partial charge in [-0.1, -0.05) is 129 Å². The highest BCUT2D eigenvalue weighted by atomic mass is 32.2. The number of carbonyl (C=O) groups excluding carboxylic acids is 2. The second kappa shape index (κ2) is 28.9. The van der Waals surface area contributed by atoms with Gasteiger partial charge in [0.15, 0.2) is 12.4 Å². The van der Waals surface area contributed by atoms with Gasteiger partial charge in [-0.15, -0.1) is 0 Å². The molecule has 2 unspecified atom stereocenters. The van der Waals surface area contributed by atoms with Crippen LogP contribution in [-0.4, -0.2) is 96.0 Å². The van der Waals surface area contributed by atoms with Crippen molar-refractivity contribution in [1.82, 2.24) is 0 Å². The number of ether oxygens (including phenoxy) is 4. The fourth-order valence-corrected chi connectivity index (χ4v) is 6.50. The molecule has 0 aromatic carbocycles. The first-order valence-corrected chi connectivity index (χ1v) is 20.9. The molecule has 0 aromatic rings. The Morgan fingerprint density at radius 3 is 1.74 bits per heavy atom. The van der Waals surface area contributed by atoms with Gasteiger partial charge in [0.2, 0.25) is 0 Å². The average Bonchev–Trinajstić information content (AvgIpc) is 3.07. The van der Waals surface area contributed by atoms with Crippen LogP contribution in [-0.2, 0) is 38.7 Å². The molecule has 13 heteroatoms. The molecule has 1 aliphatic heterocycles. The fraction of sp³-hybridized carbons (Fsp3) is 0.892. The Kier molecular flexibility index (Phi) is 26.8. The van der Waals surface area contributed by atoms with Crippen LogP contribution in [0.15, 0.2) is 12.2 Å². The molecule has 1 rings (SSSR count). The van der Waals surface area contributed by atoms with Gasteiger partial charge in [0, 0.05) is 12.8 Å². The first-order valence-electron chi connectivity index (χ1n) is 19.2. The van der Waals surface area contributed by atoms with E-state index >= 15 is 0 Å². The van der Waals surface area contributed by atoms with Gasteiger partial charge in [-0.3, -0.25) is 14.1 Å². The molecule has 294 valence electrons. The predicted molar refractivity (Wildman–Crippen MR) is 192 cm³/mol. The summed E-state index contributed by atoms with van der Waals surface area (Å²) in [6, 6.07) is 0. The molecule has 0 amide bonds. The average molecular weight is 737 g/mol. The van der Waals surface area contributed by atoms with E-state index in [4.69, 9.17) is 18.9 Å². The zero-order valence-corrected chi connectivity index (χ0v) is 31.6. The van der Waals surface area contributed by atoms with Crippen molar-refractivity contribution < 1.29 is 56.8 Å². The molecule has 1 heterocycles. The third kappa shape index (κ3) is 23.8. The van der Waals surface area contributed by atoms with Gasteiger partial charge in [-0.2, -0.15) is 8.42 Å². The van der Waals surface area contributed by atoms with Crippen molar-refractivity contribution in [3.8, 4) is 0 Å². The minimum Gasteiger partial charge on any atom is -0.462 e. The molecule has 6 atom stereocenters. The monoisotopic (exact) mass is 736 g/mol. The second-order valence-corrected chi connectivity index (χ2v) is 15.1. The maximum Gasteiger partial charge on any atom is 0.306 e. The highest BCUT2D eigenvalue weighted by Gasteiger charge is 2.46. The van der Waals surface area contributed by atoms with Crippen LogP contribution in [0, 0.1) is 0 Å². The van der Waals surface area contributed by atoms with E-state index in [9.17, 15) is 37.9 Å². The highest BCUT2D eigenvalue weighted by Crippen LogP contribution is 2.24. The molecule has 50 heavy (non-hydrogen) atoms. The van der Waals surface area contributed by atoms with Crippen molar-refractivity contribution >= 4 is 22.1 Å². The Labute approximate surface area is 301 Å². The minimum absolute atomic E-state index is 0.139. The van der Waals surface area contributed by atoms with Crippen molar-refractivity contribution in [1.29, 1.82) is 0 Å². The zero-order valence-electron chi connectivity index (χ0n) is 30.8. The molecule has 4 N–H and O–H groups in total. The van der Waals surface area contributed by atoms with Gasteiger partial charge in [-0.25, -0.2) is 0 Å². The third-order valence-corrected chi connectivity index (χ3v) is 9.61. The molecule has 1 fully saturated rings. The molecule has 12 nitrogen and oxygen atoms in total. The first-order chi connectivity index (χ1) is 24.0. The summed E-state index contributed by atoms with van der Waals surface area (Å²) in [5, 5.41) is 30.6. The topological polar surface area (TPSA) is 186 Å². The van der Waals surface area contributed by atoms with Crippen LogP contribution in [0.25, 0.3) is 0 Å². The Bertz CT molecular complexity index is 1000. The quantitative estimate of drug-likeness (QED) is 0.0269. The van der Waals surface area contributed by atoms with E-state index in [0.717, 1.165) is 44.9 Å². The fourth-order valence-electron chi connectivity index (χ4n) is 5.81. The van der Waals surface area contributed by atoms with Crippen LogP contribution in [0.2, 0.25) is 0 Å². The van der Waals surface area contributed by atoms with Crippen LogP contribution >= 0.6 is 0 Å². The van der Waals surface area contributed by atoms with Gasteiger partial charge in [0.25, 0.3) is 10.1 Å². The molecule has 0 saturated carbocycles. The Morgan fingerprint density at radius 1 is 0.660 bits per heavy atom. The normalized spacial score (nSPS) is 21.8. The lowest BCUT2D eigenvalue weighted by Crippen LogP contribution is -2.60. The lowest BCUT2D eigenvalue weighted by molar-refractivity contribution is -0.297. The van der Waals surface area contributed by atoms with Crippen LogP contribution < -0.4 is 0 Å². The zero-order chi connectivity index (χ0) is 37.0. The number of aliphatic hydroxyl groups excluding tert-OH is 3. The lowest BCUT2D eigenvalue weighted by Gasteiger charge is -2.40. The Balaban J connectivity index is 2.49.